The van der Waals surface area contributed by atoms with Gasteiger partial charge in [0.15, 0.2) is 0 Å². The van der Waals surface area contributed by atoms with Gasteiger partial charge in [-0.3, -0.25) is 4.79 Å². The Labute approximate surface area is 115 Å². The van der Waals surface area contributed by atoms with Crippen molar-refractivity contribution in [3.05, 3.63) is 34.7 Å². The second-order valence-electron chi connectivity index (χ2n) is 4.56. The van der Waals surface area contributed by atoms with Crippen molar-refractivity contribution in [2.24, 2.45) is 5.92 Å². The van der Waals surface area contributed by atoms with E-state index >= 15 is 0 Å². The summed E-state index contributed by atoms with van der Waals surface area (Å²) < 4.78 is 10.9. The zero-order valence-electron chi connectivity index (χ0n) is 10.4. The lowest BCUT2D eigenvalue weighted by Gasteiger charge is -2.07. The standard InChI is InChI=1S/C14H15NO3S/c16-14(10-3-5-17-8-10)15-7-12-1-2-13(18-12)11-4-6-19-9-11/h1-2,4,6,9-10H,3,5,7-8H2,(H,15,16)/t10-/m1/s1. The molecule has 1 aliphatic heterocycles. The molecule has 2 aromatic heterocycles. The Bertz CT molecular complexity index is 541. The number of carbonyl (C=O) groups is 1. The highest BCUT2D eigenvalue weighted by atomic mass is 32.1. The monoisotopic (exact) mass is 277 g/mol. The lowest BCUT2D eigenvalue weighted by atomic mass is 10.1. The van der Waals surface area contributed by atoms with E-state index in [-0.39, 0.29) is 11.8 Å². The number of carbonyl (C=O) groups excluding carboxylic acids is 1. The van der Waals surface area contributed by atoms with Crippen LogP contribution in [0.2, 0.25) is 0 Å². The van der Waals surface area contributed by atoms with Gasteiger partial charge < -0.3 is 14.5 Å². The Balaban J connectivity index is 1.57. The molecule has 1 fully saturated rings. The minimum Gasteiger partial charge on any atom is -0.459 e. The maximum Gasteiger partial charge on any atom is 0.225 e. The molecule has 0 aromatic carbocycles. The molecule has 1 atom stereocenters. The number of furan rings is 1. The van der Waals surface area contributed by atoms with Crippen molar-refractivity contribution in [2.75, 3.05) is 13.2 Å². The van der Waals surface area contributed by atoms with E-state index in [2.05, 4.69) is 5.32 Å². The summed E-state index contributed by atoms with van der Waals surface area (Å²) in [7, 11) is 0. The van der Waals surface area contributed by atoms with Gasteiger partial charge in [0.25, 0.3) is 0 Å². The lowest BCUT2D eigenvalue weighted by molar-refractivity contribution is -0.125. The van der Waals surface area contributed by atoms with Gasteiger partial charge in [-0.05, 0) is 30.0 Å². The number of hydrogen-bond acceptors (Lipinski definition) is 4. The van der Waals surface area contributed by atoms with Crippen molar-refractivity contribution in [1.29, 1.82) is 0 Å². The molecule has 0 radical (unpaired) electrons. The average molecular weight is 277 g/mol. The Hall–Kier alpha value is -1.59. The van der Waals surface area contributed by atoms with Crippen LogP contribution in [0.1, 0.15) is 12.2 Å². The predicted molar refractivity (Wildman–Crippen MR) is 72.8 cm³/mol. The third kappa shape index (κ3) is 2.88. The minimum atomic E-state index is -0.00805. The fourth-order valence-corrected chi connectivity index (χ4v) is 2.74. The van der Waals surface area contributed by atoms with E-state index in [0.29, 0.717) is 19.8 Å². The SMILES string of the molecule is O=C(NCc1ccc(-c2ccsc2)o1)[C@@H]1CCOC1. The largest absolute Gasteiger partial charge is 0.459 e. The summed E-state index contributed by atoms with van der Waals surface area (Å²) in [6.07, 6.45) is 0.810. The maximum absolute atomic E-state index is 11.8. The molecular weight excluding hydrogens is 262 g/mol. The highest BCUT2D eigenvalue weighted by Gasteiger charge is 2.23. The van der Waals surface area contributed by atoms with Gasteiger partial charge in [0, 0.05) is 17.6 Å². The number of thiophene rings is 1. The zero-order valence-corrected chi connectivity index (χ0v) is 11.2. The van der Waals surface area contributed by atoms with Gasteiger partial charge in [0.1, 0.15) is 11.5 Å². The third-order valence-electron chi connectivity index (χ3n) is 3.20. The number of rotatable bonds is 4. The molecule has 0 saturated carbocycles. The molecule has 0 unspecified atom stereocenters. The molecule has 1 saturated heterocycles. The van der Waals surface area contributed by atoms with E-state index in [4.69, 9.17) is 9.15 Å². The van der Waals surface area contributed by atoms with Crippen LogP contribution in [0, 0.1) is 5.92 Å². The summed E-state index contributed by atoms with van der Waals surface area (Å²) in [6.45, 7) is 1.64. The molecule has 1 N–H and O–H groups in total. The van der Waals surface area contributed by atoms with E-state index in [0.717, 1.165) is 23.5 Å². The molecular formula is C14H15NO3S. The second kappa shape index (κ2) is 5.59. The van der Waals surface area contributed by atoms with Crippen LogP contribution in [-0.4, -0.2) is 19.1 Å². The quantitative estimate of drug-likeness (QED) is 0.934. The first-order valence-electron chi connectivity index (χ1n) is 6.29. The van der Waals surface area contributed by atoms with Crippen LogP contribution in [0.15, 0.2) is 33.4 Å². The molecule has 2 aromatic rings. The highest BCUT2D eigenvalue weighted by molar-refractivity contribution is 7.08. The zero-order chi connectivity index (χ0) is 13.1. The van der Waals surface area contributed by atoms with Gasteiger partial charge in [-0.25, -0.2) is 0 Å². The van der Waals surface area contributed by atoms with Gasteiger partial charge in [0.05, 0.1) is 19.1 Å². The summed E-state index contributed by atoms with van der Waals surface area (Å²) >= 11 is 1.64. The highest BCUT2D eigenvalue weighted by Crippen LogP contribution is 2.24. The minimum absolute atomic E-state index is 0.00805. The van der Waals surface area contributed by atoms with Crippen LogP contribution in [0.25, 0.3) is 11.3 Å². The Kier molecular flexibility index (Phi) is 3.66. The first-order chi connectivity index (χ1) is 9.33. The van der Waals surface area contributed by atoms with Crippen molar-refractivity contribution < 1.29 is 13.9 Å². The van der Waals surface area contributed by atoms with Crippen LogP contribution < -0.4 is 5.32 Å². The molecule has 0 aliphatic carbocycles. The Morgan fingerprint density at radius 3 is 3.11 bits per heavy atom. The molecule has 0 spiro atoms. The van der Waals surface area contributed by atoms with E-state index in [1.807, 2.05) is 29.0 Å². The fraction of sp³-hybridized carbons (Fsp3) is 0.357. The van der Waals surface area contributed by atoms with Gasteiger partial charge >= 0.3 is 0 Å². The van der Waals surface area contributed by atoms with E-state index in [1.165, 1.54) is 0 Å². The predicted octanol–water partition coefficient (Wildman–Crippen LogP) is 2.66. The summed E-state index contributed by atoms with van der Waals surface area (Å²) in [5.41, 5.74) is 1.08. The normalized spacial score (nSPS) is 18.6. The number of ether oxygens (including phenoxy) is 1. The van der Waals surface area contributed by atoms with Crippen molar-refractivity contribution in [1.82, 2.24) is 5.32 Å². The molecule has 3 rings (SSSR count). The summed E-state index contributed by atoms with van der Waals surface area (Å²) in [5.74, 6) is 1.65. The maximum atomic E-state index is 11.8. The molecule has 1 amide bonds. The molecule has 4 nitrogen and oxygen atoms in total. The number of amides is 1. The van der Waals surface area contributed by atoms with Gasteiger partial charge in [-0.15, -0.1) is 0 Å². The van der Waals surface area contributed by atoms with Crippen molar-refractivity contribution in [3.8, 4) is 11.3 Å². The van der Waals surface area contributed by atoms with E-state index in [9.17, 15) is 4.79 Å². The second-order valence-corrected chi connectivity index (χ2v) is 5.34. The van der Waals surface area contributed by atoms with Crippen LogP contribution in [0.3, 0.4) is 0 Å². The topological polar surface area (TPSA) is 51.5 Å². The fourth-order valence-electron chi connectivity index (χ4n) is 2.09. The molecule has 100 valence electrons. The third-order valence-corrected chi connectivity index (χ3v) is 3.89. The summed E-state index contributed by atoms with van der Waals surface area (Å²) in [6, 6.07) is 5.85. The molecule has 0 bridgehead atoms. The smallest absolute Gasteiger partial charge is 0.225 e. The molecule has 5 heteroatoms. The van der Waals surface area contributed by atoms with E-state index < -0.39 is 0 Å². The van der Waals surface area contributed by atoms with Gasteiger partial charge in [-0.1, -0.05) is 0 Å². The first kappa shape index (κ1) is 12.4. The van der Waals surface area contributed by atoms with Crippen molar-refractivity contribution in [2.45, 2.75) is 13.0 Å². The van der Waals surface area contributed by atoms with Crippen LogP contribution in [0.5, 0.6) is 0 Å². The van der Waals surface area contributed by atoms with Crippen LogP contribution >= 0.6 is 11.3 Å². The molecule has 3 heterocycles. The Morgan fingerprint density at radius 2 is 2.37 bits per heavy atom. The van der Waals surface area contributed by atoms with Crippen molar-refractivity contribution in [3.63, 3.8) is 0 Å². The first-order valence-corrected chi connectivity index (χ1v) is 7.24. The lowest BCUT2D eigenvalue weighted by Crippen LogP contribution is -2.30. The Morgan fingerprint density at radius 1 is 1.42 bits per heavy atom. The summed E-state index contributed by atoms with van der Waals surface area (Å²) in [4.78, 5) is 11.8. The number of nitrogens with one attached hydrogen (secondary N) is 1. The molecule has 19 heavy (non-hydrogen) atoms. The average Bonchev–Trinajstić information content (AvgIpc) is 3.14. The number of hydrogen-bond donors (Lipinski definition) is 1. The summed E-state index contributed by atoms with van der Waals surface area (Å²) in [5, 5.41) is 6.94. The van der Waals surface area contributed by atoms with Crippen LogP contribution in [-0.2, 0) is 16.1 Å². The van der Waals surface area contributed by atoms with Gasteiger partial charge in [0.2, 0.25) is 5.91 Å². The van der Waals surface area contributed by atoms with Gasteiger partial charge in [-0.2, -0.15) is 11.3 Å². The molecule has 1 aliphatic rings. The van der Waals surface area contributed by atoms with E-state index in [1.54, 1.807) is 11.3 Å². The van der Waals surface area contributed by atoms with Crippen LogP contribution in [0.4, 0.5) is 0 Å². The van der Waals surface area contributed by atoms with Crippen molar-refractivity contribution >= 4 is 17.2 Å².